The highest BCUT2D eigenvalue weighted by Crippen LogP contribution is 2.24. The Balaban J connectivity index is 0.00000242. The zero-order chi connectivity index (χ0) is 15.1. The molecule has 2 rings (SSSR count). The van der Waals surface area contributed by atoms with Crippen LogP contribution < -0.4 is 14.8 Å². The van der Waals surface area contributed by atoms with E-state index in [4.69, 9.17) is 9.47 Å². The third-order valence-electron chi connectivity index (χ3n) is 3.11. The van der Waals surface area contributed by atoms with Crippen LogP contribution in [0.2, 0.25) is 0 Å². The number of benzene rings is 1. The minimum Gasteiger partial charge on any atom is -0.497 e. The largest absolute Gasteiger partial charge is 0.497 e. The fourth-order valence-electron chi connectivity index (χ4n) is 1.99. The van der Waals surface area contributed by atoms with Gasteiger partial charge in [0.1, 0.15) is 11.5 Å². The summed E-state index contributed by atoms with van der Waals surface area (Å²) in [6.07, 6.45) is 3.86. The topological polar surface area (TPSA) is 60.5 Å². The Hall–Kier alpha value is -2.27. The molecule has 0 bridgehead atoms. The number of carbonyl (C=O) groups is 1. The lowest BCUT2D eigenvalue weighted by molar-refractivity contribution is 0.0954. The van der Waals surface area contributed by atoms with Crippen LogP contribution in [0.3, 0.4) is 0 Å². The summed E-state index contributed by atoms with van der Waals surface area (Å²) in [6, 6.07) is 8.98. The van der Waals surface area contributed by atoms with Gasteiger partial charge in [-0.2, -0.15) is 0 Å². The molecular formula is C16H19ClN2O3. The minimum absolute atomic E-state index is 0. The van der Waals surface area contributed by atoms with E-state index in [1.807, 2.05) is 18.2 Å². The van der Waals surface area contributed by atoms with Crippen molar-refractivity contribution < 1.29 is 14.3 Å². The predicted octanol–water partition coefficient (Wildman–Crippen LogP) is 2.49. The van der Waals surface area contributed by atoms with Gasteiger partial charge in [0.15, 0.2) is 0 Å². The van der Waals surface area contributed by atoms with Crippen LogP contribution in [0.5, 0.6) is 11.5 Å². The van der Waals surface area contributed by atoms with Crippen molar-refractivity contribution in [3.63, 3.8) is 0 Å². The van der Waals surface area contributed by atoms with Crippen LogP contribution in [0.4, 0.5) is 0 Å². The molecule has 1 heterocycles. The van der Waals surface area contributed by atoms with E-state index < -0.39 is 0 Å². The molecule has 0 atom stereocenters. The maximum atomic E-state index is 11.9. The molecule has 22 heavy (non-hydrogen) atoms. The fraction of sp³-hybridized carbons (Fsp3) is 0.250. The van der Waals surface area contributed by atoms with E-state index in [1.54, 1.807) is 38.7 Å². The van der Waals surface area contributed by atoms with E-state index in [-0.39, 0.29) is 18.3 Å². The van der Waals surface area contributed by atoms with Crippen molar-refractivity contribution in [1.82, 2.24) is 10.3 Å². The number of hydrogen-bond donors (Lipinski definition) is 1. The number of ether oxygens (including phenoxy) is 2. The third kappa shape index (κ3) is 4.63. The van der Waals surface area contributed by atoms with Crippen molar-refractivity contribution in [1.29, 1.82) is 0 Å². The molecule has 1 aromatic carbocycles. The smallest absolute Gasteiger partial charge is 0.251 e. The normalized spacial score (nSPS) is 9.55. The van der Waals surface area contributed by atoms with Crippen LogP contribution in [0.15, 0.2) is 42.7 Å². The molecular weight excluding hydrogens is 304 g/mol. The number of rotatable bonds is 6. The molecule has 1 aromatic heterocycles. The molecule has 1 N–H and O–H groups in total. The van der Waals surface area contributed by atoms with Gasteiger partial charge >= 0.3 is 0 Å². The second kappa shape index (κ2) is 8.89. The van der Waals surface area contributed by atoms with Gasteiger partial charge in [-0.15, -0.1) is 12.4 Å². The average Bonchev–Trinajstić information content (AvgIpc) is 2.55. The van der Waals surface area contributed by atoms with Gasteiger partial charge in [-0.3, -0.25) is 9.78 Å². The van der Waals surface area contributed by atoms with Crippen molar-refractivity contribution in [2.75, 3.05) is 20.8 Å². The number of nitrogens with zero attached hydrogens (tertiary/aromatic N) is 1. The summed E-state index contributed by atoms with van der Waals surface area (Å²) in [6.45, 7) is 0.519. The Labute approximate surface area is 136 Å². The standard InChI is InChI=1S/C16H18N2O3.ClH/c1-20-14-3-4-15(21-2)13(11-14)7-10-18-16(19)12-5-8-17-9-6-12;/h3-6,8-9,11H,7,10H2,1-2H3,(H,18,19);1H. The number of carbonyl (C=O) groups excluding carboxylic acids is 1. The molecule has 0 aliphatic carbocycles. The van der Waals surface area contributed by atoms with Crippen molar-refractivity contribution in [3.05, 3.63) is 53.9 Å². The lowest BCUT2D eigenvalue weighted by atomic mass is 10.1. The van der Waals surface area contributed by atoms with E-state index in [1.165, 1.54) is 0 Å². The summed E-state index contributed by atoms with van der Waals surface area (Å²) < 4.78 is 10.5. The van der Waals surface area contributed by atoms with Gasteiger partial charge in [0, 0.05) is 24.5 Å². The van der Waals surface area contributed by atoms with Gasteiger partial charge in [0.2, 0.25) is 0 Å². The second-order valence-electron chi connectivity index (χ2n) is 4.42. The van der Waals surface area contributed by atoms with E-state index >= 15 is 0 Å². The first-order chi connectivity index (χ1) is 10.2. The van der Waals surface area contributed by atoms with Crippen molar-refractivity contribution >= 4 is 18.3 Å². The Morgan fingerprint density at radius 2 is 1.86 bits per heavy atom. The molecule has 0 spiro atoms. The number of hydrogen-bond acceptors (Lipinski definition) is 4. The van der Waals surface area contributed by atoms with Gasteiger partial charge < -0.3 is 14.8 Å². The molecule has 0 fully saturated rings. The van der Waals surface area contributed by atoms with Gasteiger partial charge in [-0.1, -0.05) is 0 Å². The fourth-order valence-corrected chi connectivity index (χ4v) is 1.99. The highest BCUT2D eigenvalue weighted by molar-refractivity contribution is 5.93. The van der Waals surface area contributed by atoms with Crippen molar-refractivity contribution in [2.45, 2.75) is 6.42 Å². The third-order valence-corrected chi connectivity index (χ3v) is 3.11. The summed E-state index contributed by atoms with van der Waals surface area (Å²) in [5.41, 5.74) is 1.59. The molecule has 5 nitrogen and oxygen atoms in total. The number of methoxy groups -OCH3 is 2. The number of aromatic nitrogens is 1. The lowest BCUT2D eigenvalue weighted by Gasteiger charge is -2.11. The Morgan fingerprint density at radius 1 is 1.14 bits per heavy atom. The zero-order valence-electron chi connectivity index (χ0n) is 12.5. The summed E-state index contributed by atoms with van der Waals surface area (Å²) in [5.74, 6) is 1.44. The van der Waals surface area contributed by atoms with Crippen molar-refractivity contribution in [2.24, 2.45) is 0 Å². The summed E-state index contributed by atoms with van der Waals surface area (Å²) >= 11 is 0. The molecule has 0 aliphatic heterocycles. The maximum Gasteiger partial charge on any atom is 0.251 e. The predicted molar refractivity (Wildman–Crippen MR) is 87.1 cm³/mol. The molecule has 0 saturated heterocycles. The first-order valence-corrected chi connectivity index (χ1v) is 6.63. The van der Waals surface area contributed by atoms with Crippen LogP contribution in [0, 0.1) is 0 Å². The quantitative estimate of drug-likeness (QED) is 0.887. The number of halogens is 1. The SMILES string of the molecule is COc1ccc(OC)c(CCNC(=O)c2ccncc2)c1.Cl. The molecule has 0 saturated carbocycles. The molecule has 2 aromatic rings. The van der Waals surface area contributed by atoms with Gasteiger partial charge in [0.25, 0.3) is 5.91 Å². The molecule has 6 heteroatoms. The highest BCUT2D eigenvalue weighted by atomic mass is 35.5. The maximum absolute atomic E-state index is 11.9. The van der Waals surface area contributed by atoms with E-state index in [2.05, 4.69) is 10.3 Å². The summed E-state index contributed by atoms with van der Waals surface area (Å²) in [7, 11) is 3.25. The first-order valence-electron chi connectivity index (χ1n) is 6.63. The van der Waals surface area contributed by atoms with E-state index in [9.17, 15) is 4.79 Å². The highest BCUT2D eigenvalue weighted by Gasteiger charge is 2.07. The molecule has 0 aliphatic rings. The van der Waals surface area contributed by atoms with E-state index in [0.717, 1.165) is 17.1 Å². The second-order valence-corrected chi connectivity index (χ2v) is 4.42. The molecule has 118 valence electrons. The van der Waals surface area contributed by atoms with E-state index in [0.29, 0.717) is 18.5 Å². The molecule has 0 radical (unpaired) electrons. The summed E-state index contributed by atoms with van der Waals surface area (Å²) in [4.78, 5) is 15.8. The van der Waals surface area contributed by atoms with Gasteiger partial charge in [-0.05, 0) is 42.3 Å². The average molecular weight is 323 g/mol. The van der Waals surface area contributed by atoms with Crippen LogP contribution >= 0.6 is 12.4 Å². The van der Waals surface area contributed by atoms with Crippen molar-refractivity contribution in [3.8, 4) is 11.5 Å². The van der Waals surface area contributed by atoms with Crippen LogP contribution in [0.1, 0.15) is 15.9 Å². The first kappa shape index (κ1) is 17.8. The van der Waals surface area contributed by atoms with Gasteiger partial charge in [0.05, 0.1) is 14.2 Å². The zero-order valence-corrected chi connectivity index (χ0v) is 13.4. The van der Waals surface area contributed by atoms with Crippen LogP contribution in [0.25, 0.3) is 0 Å². The Bertz CT molecular complexity index is 606. The lowest BCUT2D eigenvalue weighted by Crippen LogP contribution is -2.25. The number of amides is 1. The number of pyridine rings is 1. The minimum atomic E-state index is -0.112. The Kier molecular flexibility index (Phi) is 7.19. The number of nitrogens with one attached hydrogen (secondary N) is 1. The van der Waals surface area contributed by atoms with Gasteiger partial charge in [-0.25, -0.2) is 0 Å². The monoisotopic (exact) mass is 322 g/mol. The van der Waals surface area contributed by atoms with Crippen LogP contribution in [-0.4, -0.2) is 31.7 Å². The summed E-state index contributed by atoms with van der Waals surface area (Å²) in [5, 5.41) is 2.87. The van der Waals surface area contributed by atoms with Crippen LogP contribution in [-0.2, 0) is 6.42 Å². The molecule has 1 amide bonds. The molecule has 0 unspecified atom stereocenters. The Morgan fingerprint density at radius 3 is 2.50 bits per heavy atom.